The van der Waals surface area contributed by atoms with Crippen LogP contribution in [0.2, 0.25) is 0 Å². The van der Waals surface area contributed by atoms with E-state index in [-0.39, 0.29) is 0 Å². The first kappa shape index (κ1) is 11.6. The van der Waals surface area contributed by atoms with E-state index in [4.69, 9.17) is 4.42 Å². The van der Waals surface area contributed by atoms with Crippen LogP contribution in [0.25, 0.3) is 22.3 Å². The van der Waals surface area contributed by atoms with E-state index in [1.54, 1.807) is 6.20 Å². The topological polar surface area (TPSA) is 67.6 Å². The van der Waals surface area contributed by atoms with Crippen molar-refractivity contribution in [1.82, 2.24) is 19.9 Å². The number of hydrogen-bond donors (Lipinski definition) is 1. The lowest BCUT2D eigenvalue weighted by Gasteiger charge is -1.97. The Labute approximate surface area is 122 Å². The summed E-state index contributed by atoms with van der Waals surface area (Å²) in [4.78, 5) is 16.1. The molecule has 0 aliphatic heterocycles. The van der Waals surface area contributed by atoms with Crippen LogP contribution in [-0.4, -0.2) is 19.9 Å². The van der Waals surface area contributed by atoms with Crippen LogP contribution in [0.5, 0.6) is 0 Å². The number of H-pyrrole nitrogens is 1. The van der Waals surface area contributed by atoms with Gasteiger partial charge in [0.25, 0.3) is 0 Å². The molecule has 0 saturated carbocycles. The minimum absolute atomic E-state index is 0.699. The molecule has 0 atom stereocenters. The number of aromatic nitrogens is 4. The molecule has 98 valence electrons. The fourth-order valence-electron chi connectivity index (χ4n) is 2.21. The Bertz CT molecular complexity index is 912. The number of hydrogen-bond acceptors (Lipinski definition) is 4. The van der Waals surface area contributed by atoms with Crippen molar-refractivity contribution in [2.24, 2.45) is 0 Å². The van der Waals surface area contributed by atoms with Gasteiger partial charge in [0.1, 0.15) is 11.3 Å². The Hall–Kier alpha value is -2.21. The minimum Gasteiger partial charge on any atom is -0.443 e. The van der Waals surface area contributed by atoms with Crippen LogP contribution in [0, 0.1) is 0 Å². The molecule has 0 saturated heterocycles. The Morgan fingerprint density at radius 2 is 2.15 bits per heavy atom. The third kappa shape index (κ3) is 1.98. The molecule has 1 N–H and O–H groups in total. The molecule has 0 spiro atoms. The number of nitrogens with zero attached hydrogens (tertiary/aromatic N) is 3. The molecule has 4 aromatic rings. The fraction of sp³-hybridized carbons (Fsp3) is 0.0714. The van der Waals surface area contributed by atoms with Crippen LogP contribution in [-0.2, 0) is 6.42 Å². The van der Waals surface area contributed by atoms with Crippen LogP contribution >= 0.6 is 15.9 Å². The van der Waals surface area contributed by atoms with Crippen LogP contribution in [0.1, 0.15) is 11.4 Å². The Morgan fingerprint density at radius 1 is 1.20 bits per heavy atom. The second-order valence-corrected chi connectivity index (χ2v) is 5.46. The summed E-state index contributed by atoms with van der Waals surface area (Å²) in [5.74, 6) is 0.879. The second kappa shape index (κ2) is 4.42. The van der Waals surface area contributed by atoms with Gasteiger partial charge in [0.15, 0.2) is 17.6 Å². The van der Waals surface area contributed by atoms with Gasteiger partial charge in [-0.25, -0.2) is 15.0 Å². The highest BCUT2D eigenvalue weighted by Gasteiger charge is 2.07. The van der Waals surface area contributed by atoms with Crippen LogP contribution < -0.4 is 0 Å². The van der Waals surface area contributed by atoms with Crippen molar-refractivity contribution >= 4 is 38.2 Å². The lowest BCUT2D eigenvalue weighted by atomic mass is 10.1. The standard InChI is InChI=1S/C14H9BrN4O/c15-9-5-11-14(16-6-9)19-13(18-11)4-8-1-2-10-12(3-8)20-7-17-10/h1-3,5-7H,4H2,(H,16,18,19). The quantitative estimate of drug-likeness (QED) is 0.612. The average molecular weight is 329 g/mol. The van der Waals surface area contributed by atoms with Crippen molar-refractivity contribution in [1.29, 1.82) is 0 Å². The molecule has 3 heterocycles. The predicted molar refractivity (Wildman–Crippen MR) is 78.4 cm³/mol. The molecule has 3 aromatic heterocycles. The fourth-order valence-corrected chi connectivity index (χ4v) is 2.54. The first-order chi connectivity index (χ1) is 9.78. The van der Waals surface area contributed by atoms with E-state index >= 15 is 0 Å². The van der Waals surface area contributed by atoms with E-state index in [0.29, 0.717) is 6.42 Å². The van der Waals surface area contributed by atoms with E-state index in [1.165, 1.54) is 6.39 Å². The number of aromatic amines is 1. The van der Waals surface area contributed by atoms with Crippen molar-refractivity contribution in [2.45, 2.75) is 6.42 Å². The molecule has 0 aliphatic rings. The molecular weight excluding hydrogens is 320 g/mol. The lowest BCUT2D eigenvalue weighted by Crippen LogP contribution is -1.90. The normalized spacial score (nSPS) is 11.4. The maximum Gasteiger partial charge on any atom is 0.181 e. The van der Waals surface area contributed by atoms with Gasteiger partial charge in [-0.05, 0) is 39.7 Å². The van der Waals surface area contributed by atoms with E-state index in [2.05, 4.69) is 35.9 Å². The highest BCUT2D eigenvalue weighted by Crippen LogP contribution is 2.19. The van der Waals surface area contributed by atoms with Gasteiger partial charge in [0.05, 0.1) is 5.52 Å². The summed E-state index contributed by atoms with van der Waals surface area (Å²) in [6.07, 6.45) is 3.90. The smallest absolute Gasteiger partial charge is 0.181 e. The zero-order chi connectivity index (χ0) is 13.5. The summed E-state index contributed by atoms with van der Waals surface area (Å²) in [5, 5.41) is 0. The average Bonchev–Trinajstić information content (AvgIpc) is 3.03. The van der Waals surface area contributed by atoms with E-state index in [9.17, 15) is 0 Å². The molecule has 20 heavy (non-hydrogen) atoms. The SMILES string of the molecule is Brc1cnc2nc(Cc3ccc4ncoc4c3)[nH]c2c1. The number of oxazole rings is 1. The van der Waals surface area contributed by atoms with Gasteiger partial charge in [-0.3, -0.25) is 0 Å². The van der Waals surface area contributed by atoms with Gasteiger partial charge in [-0.1, -0.05) is 6.07 Å². The zero-order valence-electron chi connectivity index (χ0n) is 10.3. The van der Waals surface area contributed by atoms with Crippen molar-refractivity contribution in [3.63, 3.8) is 0 Å². The van der Waals surface area contributed by atoms with Gasteiger partial charge in [-0.15, -0.1) is 0 Å². The first-order valence-electron chi connectivity index (χ1n) is 6.10. The van der Waals surface area contributed by atoms with Gasteiger partial charge < -0.3 is 9.40 Å². The molecular formula is C14H9BrN4O. The number of imidazole rings is 1. The number of benzene rings is 1. The summed E-state index contributed by atoms with van der Waals surface area (Å²) in [6.45, 7) is 0. The summed E-state index contributed by atoms with van der Waals surface area (Å²) in [5.41, 5.74) is 4.43. The number of fused-ring (bicyclic) bond motifs is 2. The molecule has 5 nitrogen and oxygen atoms in total. The maximum atomic E-state index is 5.31. The van der Waals surface area contributed by atoms with E-state index < -0.39 is 0 Å². The molecule has 0 bridgehead atoms. The second-order valence-electron chi connectivity index (χ2n) is 4.54. The summed E-state index contributed by atoms with van der Waals surface area (Å²) in [6, 6.07) is 7.93. The summed E-state index contributed by atoms with van der Waals surface area (Å²) >= 11 is 3.40. The van der Waals surface area contributed by atoms with Gasteiger partial charge in [-0.2, -0.15) is 0 Å². The Balaban J connectivity index is 1.72. The van der Waals surface area contributed by atoms with Crippen molar-refractivity contribution in [2.75, 3.05) is 0 Å². The van der Waals surface area contributed by atoms with Crippen molar-refractivity contribution in [3.05, 3.63) is 52.7 Å². The molecule has 0 unspecified atom stereocenters. The molecule has 0 amide bonds. The number of rotatable bonds is 2. The molecule has 1 aromatic carbocycles. The van der Waals surface area contributed by atoms with Gasteiger partial charge in [0, 0.05) is 17.1 Å². The van der Waals surface area contributed by atoms with Crippen LogP contribution in [0.4, 0.5) is 0 Å². The Morgan fingerprint density at radius 3 is 3.10 bits per heavy atom. The summed E-state index contributed by atoms with van der Waals surface area (Å²) < 4.78 is 6.24. The number of pyridine rings is 1. The largest absolute Gasteiger partial charge is 0.443 e. The molecule has 0 aliphatic carbocycles. The first-order valence-corrected chi connectivity index (χ1v) is 6.89. The zero-order valence-corrected chi connectivity index (χ0v) is 11.9. The van der Waals surface area contributed by atoms with Crippen LogP contribution in [0.15, 0.2) is 45.7 Å². The summed E-state index contributed by atoms with van der Waals surface area (Å²) in [7, 11) is 0. The van der Waals surface area contributed by atoms with Crippen LogP contribution in [0.3, 0.4) is 0 Å². The van der Waals surface area contributed by atoms with Gasteiger partial charge >= 0.3 is 0 Å². The number of halogens is 1. The molecule has 0 fully saturated rings. The van der Waals surface area contributed by atoms with Crippen molar-refractivity contribution in [3.8, 4) is 0 Å². The van der Waals surface area contributed by atoms with Crippen molar-refractivity contribution < 1.29 is 4.42 Å². The monoisotopic (exact) mass is 328 g/mol. The molecule has 0 radical (unpaired) electrons. The van der Waals surface area contributed by atoms with E-state index in [0.717, 1.165) is 38.1 Å². The van der Waals surface area contributed by atoms with E-state index in [1.807, 2.05) is 24.3 Å². The predicted octanol–water partition coefficient (Wildman–Crippen LogP) is 3.45. The highest BCUT2D eigenvalue weighted by molar-refractivity contribution is 9.10. The third-order valence-electron chi connectivity index (χ3n) is 3.12. The highest BCUT2D eigenvalue weighted by atomic mass is 79.9. The van der Waals surface area contributed by atoms with Gasteiger partial charge in [0.2, 0.25) is 0 Å². The maximum absolute atomic E-state index is 5.31. The molecule has 4 rings (SSSR count). The lowest BCUT2D eigenvalue weighted by molar-refractivity contribution is 0.602. The Kier molecular flexibility index (Phi) is 2.56. The molecule has 6 heteroatoms. The minimum atomic E-state index is 0.699. The number of nitrogens with one attached hydrogen (secondary N) is 1. The third-order valence-corrected chi connectivity index (χ3v) is 3.55.